The first-order valence-corrected chi connectivity index (χ1v) is 37.5. The largest absolute Gasteiger partial charge is 0.462 e. The lowest BCUT2D eigenvalue weighted by atomic mass is 10.0. The van der Waals surface area contributed by atoms with E-state index in [4.69, 9.17) is 37.3 Å². The maximum absolute atomic E-state index is 12.3. The number of rotatable bonds is 7. The zero-order valence-electron chi connectivity index (χ0n) is 59.5. The molecule has 0 amide bonds. The Bertz CT molecular complexity index is 5960. The van der Waals surface area contributed by atoms with Gasteiger partial charge in [0.05, 0.1) is 33.4 Å². The van der Waals surface area contributed by atoms with E-state index in [9.17, 15) is 28.8 Å². The Morgan fingerprint density at radius 2 is 0.818 bits per heavy atom. The Morgan fingerprint density at radius 1 is 0.400 bits per heavy atom. The van der Waals surface area contributed by atoms with Gasteiger partial charge in [0.2, 0.25) is 34.7 Å². The molecule has 1 N–H and O–H groups in total. The van der Waals surface area contributed by atoms with E-state index in [-0.39, 0.29) is 34.7 Å². The SMILES string of the molecule is CCc1ccc(/C=C2\Oc3ccccc3C2=O)o1.Cc1ccc(/C=C2\Oc3ccccc3C2=O)o1.Cc1ccc(/C=C2\Oc3ccccc3C2=O)s1.Cc1sc(/C=C2\Oc3ccccc3C2=O)cc1Br.O=C1/C(=C/c2c[nH]c3ccccc23)Oc2ccccc21.O=C1/C(=C/c2cccc3c2C=CC3)Oc2ccccc21. The van der Waals surface area contributed by atoms with Crippen molar-refractivity contribution in [2.24, 2.45) is 0 Å². The zero-order chi connectivity index (χ0) is 75.9. The lowest BCUT2D eigenvalue weighted by Gasteiger charge is -2.04. The molecule has 540 valence electrons. The summed E-state index contributed by atoms with van der Waals surface area (Å²) in [6, 6.07) is 71.2. The second-order valence-electron chi connectivity index (χ2n) is 25.5. The molecule has 13 aromatic rings. The molecule has 110 heavy (non-hydrogen) atoms. The average molecular weight is 1550 g/mol. The third kappa shape index (κ3) is 15.8. The molecule has 15 nitrogen and oxygen atoms in total. The van der Waals surface area contributed by atoms with E-state index in [1.54, 1.807) is 102 Å². The lowest BCUT2D eigenvalue weighted by Crippen LogP contribution is -1.98. The number of benzene rings is 8. The normalized spacial score (nSPS) is 16.1. The van der Waals surface area contributed by atoms with Gasteiger partial charge in [0.15, 0.2) is 34.6 Å². The quantitative estimate of drug-likeness (QED) is 0.148. The van der Waals surface area contributed by atoms with Gasteiger partial charge < -0.3 is 42.2 Å². The van der Waals surface area contributed by atoms with Crippen molar-refractivity contribution in [3.05, 3.63) is 380 Å². The predicted molar refractivity (Wildman–Crippen MR) is 431 cm³/mol. The summed E-state index contributed by atoms with van der Waals surface area (Å²) in [4.78, 5) is 80.3. The summed E-state index contributed by atoms with van der Waals surface area (Å²) in [6.45, 7) is 7.94. The first-order chi connectivity index (χ1) is 53.6. The highest BCUT2D eigenvalue weighted by Crippen LogP contribution is 2.39. The van der Waals surface area contributed by atoms with Crippen LogP contribution in [-0.4, -0.2) is 39.7 Å². The molecule has 0 spiro atoms. The minimum atomic E-state index is -0.102. The zero-order valence-corrected chi connectivity index (χ0v) is 62.7. The van der Waals surface area contributed by atoms with Gasteiger partial charge in [0.25, 0.3) is 0 Å². The fraction of sp³-hybridized carbons (Fsp3) is 0.0652. The Balaban J connectivity index is 0.000000105. The molecular weight excluding hydrogens is 1490 g/mol. The molecule has 1 aliphatic carbocycles. The summed E-state index contributed by atoms with van der Waals surface area (Å²) >= 11 is 6.74. The minimum Gasteiger partial charge on any atom is -0.462 e. The van der Waals surface area contributed by atoms with E-state index >= 15 is 0 Å². The number of halogens is 1. The van der Waals surface area contributed by atoms with Gasteiger partial charge in [0, 0.05) is 77.4 Å². The van der Waals surface area contributed by atoms with Gasteiger partial charge >= 0.3 is 0 Å². The van der Waals surface area contributed by atoms with Crippen LogP contribution in [-0.2, 0) is 12.8 Å². The molecule has 7 aliphatic rings. The number of allylic oxidation sites excluding steroid dienone is 7. The maximum atomic E-state index is 12.3. The summed E-state index contributed by atoms with van der Waals surface area (Å²) in [6.07, 6.45) is 18.4. The number of nitrogens with one attached hydrogen (secondary N) is 1. The monoisotopic (exact) mass is 1550 g/mol. The number of H-pyrrole nitrogens is 1. The van der Waals surface area contributed by atoms with E-state index < -0.39 is 0 Å². The summed E-state index contributed by atoms with van der Waals surface area (Å²) in [7, 11) is 0. The number of aromatic nitrogens is 1. The van der Waals surface area contributed by atoms with Crippen molar-refractivity contribution in [1.82, 2.24) is 4.98 Å². The van der Waals surface area contributed by atoms with Crippen LogP contribution < -0.4 is 28.4 Å². The van der Waals surface area contributed by atoms with Crippen molar-refractivity contribution < 1.29 is 66.0 Å². The van der Waals surface area contributed by atoms with Crippen molar-refractivity contribution in [3.63, 3.8) is 0 Å². The van der Waals surface area contributed by atoms with Crippen LogP contribution >= 0.6 is 38.6 Å². The highest BCUT2D eigenvalue weighted by molar-refractivity contribution is 9.10. The fourth-order valence-corrected chi connectivity index (χ4v) is 14.9. The molecule has 0 unspecified atom stereocenters. The molecule has 0 saturated carbocycles. The third-order valence-electron chi connectivity index (χ3n) is 18.0. The first kappa shape index (κ1) is 72.3. The number of thiophene rings is 2. The average Bonchev–Trinajstić information content (AvgIpc) is 1.62. The number of carbonyl (C=O) groups excluding carboxylic acids is 6. The Morgan fingerprint density at radius 3 is 1.24 bits per heavy atom. The summed E-state index contributed by atoms with van der Waals surface area (Å²) in [5, 5.41) is 1.08. The number of para-hydroxylation sites is 7. The van der Waals surface area contributed by atoms with Crippen LogP contribution in [0.25, 0.3) is 53.4 Å². The van der Waals surface area contributed by atoms with Crippen LogP contribution in [0, 0.1) is 20.8 Å². The Kier molecular flexibility index (Phi) is 21.1. The van der Waals surface area contributed by atoms with Gasteiger partial charge in [-0.05, 0) is 193 Å². The highest BCUT2D eigenvalue weighted by Gasteiger charge is 2.32. The Labute approximate surface area is 648 Å². The summed E-state index contributed by atoms with van der Waals surface area (Å²) in [5.41, 5.74) is 9.26. The van der Waals surface area contributed by atoms with E-state index in [2.05, 4.69) is 39.1 Å². The van der Waals surface area contributed by atoms with Crippen LogP contribution in [0.3, 0.4) is 0 Å². The number of fused-ring (bicyclic) bond motifs is 8. The van der Waals surface area contributed by atoms with Crippen LogP contribution in [0.5, 0.6) is 34.5 Å². The van der Waals surface area contributed by atoms with Gasteiger partial charge in [0.1, 0.15) is 57.5 Å². The molecule has 0 bridgehead atoms. The topological polar surface area (TPSA) is 200 Å². The van der Waals surface area contributed by atoms with Crippen molar-refractivity contribution in [2.75, 3.05) is 0 Å². The van der Waals surface area contributed by atoms with E-state index in [0.29, 0.717) is 114 Å². The van der Waals surface area contributed by atoms with Crippen molar-refractivity contribution in [1.29, 1.82) is 0 Å². The smallest absolute Gasteiger partial charge is 0.232 e. The second-order valence-corrected chi connectivity index (χ2v) is 29.0. The van der Waals surface area contributed by atoms with E-state index in [0.717, 1.165) is 60.6 Å². The molecule has 20 rings (SSSR count). The third-order valence-corrected chi connectivity index (χ3v) is 21.1. The second kappa shape index (κ2) is 32.1. The number of Topliss-reactive ketones (excluding diaryl/α,β-unsaturated/α-hetero) is 6. The van der Waals surface area contributed by atoms with E-state index in [1.165, 1.54) is 20.9 Å². The molecule has 5 aromatic heterocycles. The fourth-order valence-electron chi connectivity index (χ4n) is 12.5. The lowest BCUT2D eigenvalue weighted by molar-refractivity contribution is 0.101. The predicted octanol–water partition coefficient (Wildman–Crippen LogP) is 22.4. The standard InChI is InChI=1S/C18H12O2.C17H11NO2.C15H12O3.C14H9BrO2S.C14H10O3.C14H10O2S/c19-18-15-8-1-2-10-16(15)20-17(18)11-13-7-3-5-12-6-4-9-14(12)13;19-17-13-6-2-4-8-15(13)20-16(17)9-11-10-18-14-7-3-1-5-12(11)14;1-2-10-7-8-11(17-10)9-14-15(16)12-5-3-4-6-13(12)18-14;1-8-11(15)6-9(18-8)7-13-14(16)10-4-2-3-5-12(10)17-13;1-9-6-7-10(16-9)8-13-14(15)11-4-2-3-5-12(11)17-13;1-9-6-7-10(17-9)8-13-14(15)11-4-2-3-5-12(11)16-13/h1-5,7-11H,6H2;1-10,18H;3-9H,2H2,1H3;2-7H,1H3;2*2-8H,1H3/b17-11-;16-9-;14-9-;13-7-;2*13-8-. The minimum absolute atomic E-state index is 0.0355. The van der Waals surface area contributed by atoms with Gasteiger partial charge in [-0.2, -0.15) is 0 Å². The highest BCUT2D eigenvalue weighted by atomic mass is 79.9. The van der Waals surface area contributed by atoms with Gasteiger partial charge in [-0.1, -0.05) is 128 Å². The number of ketones is 6. The number of carbonyl (C=O) groups is 6. The van der Waals surface area contributed by atoms with Crippen molar-refractivity contribution in [2.45, 2.75) is 40.5 Å². The molecule has 8 aromatic carbocycles. The summed E-state index contributed by atoms with van der Waals surface area (Å²) in [5.74, 6) is 8.55. The molecule has 0 atom stereocenters. The van der Waals surface area contributed by atoms with Crippen LogP contribution in [0.15, 0.2) is 291 Å². The number of hydrogen-bond acceptors (Lipinski definition) is 16. The maximum Gasteiger partial charge on any atom is 0.232 e. The summed E-state index contributed by atoms with van der Waals surface area (Å²) < 4.78 is 45.4. The number of aromatic amines is 1. The number of furan rings is 2. The molecule has 18 heteroatoms. The number of aryl methyl sites for hydroxylation is 4. The number of ether oxygens (including phenoxy) is 6. The Hall–Kier alpha value is -13.3. The van der Waals surface area contributed by atoms with Gasteiger partial charge in [-0.15, -0.1) is 22.7 Å². The van der Waals surface area contributed by atoms with Gasteiger partial charge in [-0.3, -0.25) is 28.8 Å². The molecule has 0 fully saturated rings. The van der Waals surface area contributed by atoms with Crippen molar-refractivity contribution >= 4 is 127 Å². The molecule has 0 saturated heterocycles. The molecular formula is C92H64BrNO14S2. The van der Waals surface area contributed by atoms with Crippen LogP contribution in [0.2, 0.25) is 0 Å². The van der Waals surface area contributed by atoms with Crippen LogP contribution in [0.4, 0.5) is 0 Å². The molecule has 0 radical (unpaired) electrons. The van der Waals surface area contributed by atoms with Gasteiger partial charge in [-0.25, -0.2) is 0 Å². The van der Waals surface area contributed by atoms with Crippen molar-refractivity contribution in [3.8, 4) is 34.5 Å². The molecule has 6 aliphatic heterocycles. The van der Waals surface area contributed by atoms with E-state index in [1.807, 2.05) is 216 Å². The first-order valence-electron chi connectivity index (χ1n) is 35.1. The molecule has 11 heterocycles. The number of hydrogen-bond donors (Lipinski definition) is 1. The van der Waals surface area contributed by atoms with Crippen LogP contribution in [0.1, 0.15) is 134 Å².